The molecule has 6 heteroatoms. The number of rotatable bonds is 4. The molecule has 4 rings (SSSR count). The minimum atomic E-state index is -0.331. The lowest BCUT2D eigenvalue weighted by molar-refractivity contribution is -0.121. The molecule has 0 radical (unpaired) electrons. The van der Waals surface area contributed by atoms with Crippen LogP contribution in [0.3, 0.4) is 0 Å². The first kappa shape index (κ1) is 20.5. The summed E-state index contributed by atoms with van der Waals surface area (Å²) in [4.78, 5) is 50.6. The van der Waals surface area contributed by atoms with Gasteiger partial charge in [0.25, 0.3) is 23.6 Å². The highest BCUT2D eigenvalue weighted by Crippen LogP contribution is 2.32. The van der Waals surface area contributed by atoms with Crippen LogP contribution in [0.2, 0.25) is 0 Å². The Bertz CT molecular complexity index is 1110. The lowest BCUT2D eigenvalue weighted by atomic mass is 9.92. The molecule has 31 heavy (non-hydrogen) atoms. The zero-order valence-corrected chi connectivity index (χ0v) is 17.9. The van der Waals surface area contributed by atoms with Crippen LogP contribution in [0.25, 0.3) is 0 Å². The molecular weight excluding hydrogens is 392 g/mol. The molecule has 0 bridgehead atoms. The molecule has 0 N–H and O–H groups in total. The molecule has 0 saturated heterocycles. The fourth-order valence-electron chi connectivity index (χ4n) is 4.07. The van der Waals surface area contributed by atoms with E-state index in [0.29, 0.717) is 17.8 Å². The number of carbonyl (C=O) groups is 4. The Kier molecular flexibility index (Phi) is 4.93. The fourth-order valence-corrected chi connectivity index (χ4v) is 4.07. The predicted octanol–water partition coefficient (Wildman–Crippen LogP) is 3.37. The lowest BCUT2D eigenvalue weighted by Crippen LogP contribution is -2.30. The van der Waals surface area contributed by atoms with Crippen molar-refractivity contribution in [3.8, 4) is 0 Å². The van der Waals surface area contributed by atoms with Crippen molar-refractivity contribution in [3.05, 3.63) is 82.0 Å². The number of nitrogens with zero attached hydrogens (tertiary/aromatic N) is 2. The SMILES string of the molecule is Cc1c(Cc2ccc(N3C(=O)C=CC3=O)c(C)c2C)ccc(N2C(=O)C=CC2=O)c1C. The second kappa shape index (κ2) is 7.47. The number of hydrogen-bond donors (Lipinski definition) is 0. The maximum atomic E-state index is 12.1. The van der Waals surface area contributed by atoms with E-state index < -0.39 is 0 Å². The Balaban J connectivity index is 1.66. The van der Waals surface area contributed by atoms with E-state index in [1.165, 1.54) is 34.1 Å². The van der Waals surface area contributed by atoms with Crippen LogP contribution < -0.4 is 9.80 Å². The van der Waals surface area contributed by atoms with Crippen LogP contribution in [-0.2, 0) is 25.6 Å². The van der Waals surface area contributed by atoms with Gasteiger partial charge in [0.05, 0.1) is 11.4 Å². The van der Waals surface area contributed by atoms with E-state index in [9.17, 15) is 19.2 Å². The molecule has 0 spiro atoms. The van der Waals surface area contributed by atoms with Crippen LogP contribution in [0.5, 0.6) is 0 Å². The molecule has 2 aromatic carbocycles. The number of carbonyl (C=O) groups excluding carboxylic acids is 4. The van der Waals surface area contributed by atoms with Gasteiger partial charge in [-0.05, 0) is 79.6 Å². The second-order valence-corrected chi connectivity index (χ2v) is 7.85. The van der Waals surface area contributed by atoms with Crippen LogP contribution in [0.15, 0.2) is 48.6 Å². The van der Waals surface area contributed by atoms with E-state index in [0.717, 1.165) is 33.4 Å². The zero-order valence-electron chi connectivity index (χ0n) is 17.9. The van der Waals surface area contributed by atoms with E-state index in [1.54, 1.807) is 0 Å². The largest absolute Gasteiger partial charge is 0.269 e. The third-order valence-corrected chi connectivity index (χ3v) is 6.22. The fraction of sp³-hybridized carbons (Fsp3) is 0.200. The van der Waals surface area contributed by atoms with Gasteiger partial charge in [0.1, 0.15) is 0 Å². The Morgan fingerprint density at radius 3 is 1.16 bits per heavy atom. The average molecular weight is 414 g/mol. The summed E-state index contributed by atoms with van der Waals surface area (Å²) in [6.45, 7) is 7.78. The van der Waals surface area contributed by atoms with Crippen molar-refractivity contribution in [2.45, 2.75) is 34.1 Å². The van der Waals surface area contributed by atoms with Gasteiger partial charge >= 0.3 is 0 Å². The van der Waals surface area contributed by atoms with Crippen molar-refractivity contribution in [1.29, 1.82) is 0 Å². The third kappa shape index (κ3) is 3.30. The highest BCUT2D eigenvalue weighted by molar-refractivity contribution is 6.29. The Hall–Kier alpha value is -3.80. The first-order valence-electron chi connectivity index (χ1n) is 10.0. The summed E-state index contributed by atoms with van der Waals surface area (Å²) in [6, 6.07) is 7.50. The molecular formula is C25H22N2O4. The van der Waals surface area contributed by atoms with Gasteiger partial charge < -0.3 is 0 Å². The number of amides is 4. The van der Waals surface area contributed by atoms with E-state index in [-0.39, 0.29) is 23.6 Å². The van der Waals surface area contributed by atoms with Crippen molar-refractivity contribution in [2.24, 2.45) is 0 Å². The molecule has 0 saturated carbocycles. The minimum Gasteiger partial charge on any atom is -0.269 e. The standard InChI is InChI=1S/C25H22N2O4/c1-14-16(3)20(26-22(28)9-10-23(26)29)7-5-18(14)13-19-6-8-21(17(4)15(19)2)27-24(30)11-12-25(27)31/h5-12H,13H2,1-4H3. The van der Waals surface area contributed by atoms with E-state index >= 15 is 0 Å². The molecule has 2 aliphatic heterocycles. The smallest absolute Gasteiger partial charge is 0.258 e. The van der Waals surface area contributed by atoms with Crippen LogP contribution in [0.4, 0.5) is 11.4 Å². The summed E-state index contributed by atoms with van der Waals surface area (Å²) >= 11 is 0. The lowest BCUT2D eigenvalue weighted by Gasteiger charge is -2.22. The van der Waals surface area contributed by atoms with E-state index in [4.69, 9.17) is 0 Å². The maximum absolute atomic E-state index is 12.1. The molecule has 4 amide bonds. The van der Waals surface area contributed by atoms with Gasteiger partial charge in [-0.15, -0.1) is 0 Å². The van der Waals surface area contributed by atoms with Gasteiger partial charge in [-0.2, -0.15) is 0 Å². The monoisotopic (exact) mass is 414 g/mol. The van der Waals surface area contributed by atoms with Crippen LogP contribution in [0.1, 0.15) is 33.4 Å². The van der Waals surface area contributed by atoms with Gasteiger partial charge in [-0.1, -0.05) is 12.1 Å². The van der Waals surface area contributed by atoms with Gasteiger partial charge in [0, 0.05) is 24.3 Å². The zero-order chi connectivity index (χ0) is 22.4. The summed E-state index contributed by atoms with van der Waals surface area (Å²) in [5.74, 6) is -1.32. The summed E-state index contributed by atoms with van der Waals surface area (Å²) < 4.78 is 0. The highest BCUT2D eigenvalue weighted by atomic mass is 16.2. The summed E-state index contributed by atoms with van der Waals surface area (Å²) in [5, 5.41) is 0. The number of benzene rings is 2. The van der Waals surface area contributed by atoms with Crippen LogP contribution in [-0.4, -0.2) is 23.6 Å². The Labute approximate surface area is 180 Å². The van der Waals surface area contributed by atoms with Crippen molar-refractivity contribution in [1.82, 2.24) is 0 Å². The van der Waals surface area contributed by atoms with E-state index in [1.807, 2.05) is 52.0 Å². The normalized spacial score (nSPS) is 15.7. The quantitative estimate of drug-likeness (QED) is 0.719. The first-order chi connectivity index (χ1) is 14.7. The predicted molar refractivity (Wildman–Crippen MR) is 118 cm³/mol. The molecule has 2 aliphatic rings. The van der Waals surface area contributed by atoms with Crippen molar-refractivity contribution < 1.29 is 19.2 Å². The topological polar surface area (TPSA) is 74.8 Å². The molecule has 6 nitrogen and oxygen atoms in total. The number of anilines is 2. The summed E-state index contributed by atoms with van der Waals surface area (Å²) in [6.07, 6.45) is 5.78. The van der Waals surface area contributed by atoms with Gasteiger partial charge in [-0.3, -0.25) is 19.2 Å². The third-order valence-electron chi connectivity index (χ3n) is 6.22. The molecule has 0 unspecified atom stereocenters. The van der Waals surface area contributed by atoms with Crippen LogP contribution >= 0.6 is 0 Å². The summed E-state index contributed by atoms with van der Waals surface area (Å²) in [5.41, 5.74) is 7.16. The maximum Gasteiger partial charge on any atom is 0.258 e. The Morgan fingerprint density at radius 2 is 0.839 bits per heavy atom. The molecule has 0 atom stereocenters. The molecule has 0 aromatic heterocycles. The summed E-state index contributed by atoms with van der Waals surface area (Å²) in [7, 11) is 0. The molecule has 2 heterocycles. The second-order valence-electron chi connectivity index (χ2n) is 7.85. The molecule has 156 valence electrons. The molecule has 0 fully saturated rings. The van der Waals surface area contributed by atoms with E-state index in [2.05, 4.69) is 0 Å². The Morgan fingerprint density at radius 1 is 0.516 bits per heavy atom. The molecule has 0 aliphatic carbocycles. The van der Waals surface area contributed by atoms with Crippen molar-refractivity contribution in [2.75, 3.05) is 9.80 Å². The molecule has 2 aromatic rings. The van der Waals surface area contributed by atoms with Crippen molar-refractivity contribution in [3.63, 3.8) is 0 Å². The first-order valence-corrected chi connectivity index (χ1v) is 10.0. The number of imide groups is 2. The van der Waals surface area contributed by atoms with Gasteiger partial charge in [-0.25, -0.2) is 9.80 Å². The van der Waals surface area contributed by atoms with Gasteiger partial charge in [0.2, 0.25) is 0 Å². The van der Waals surface area contributed by atoms with Crippen LogP contribution in [0, 0.1) is 27.7 Å². The van der Waals surface area contributed by atoms with Gasteiger partial charge in [0.15, 0.2) is 0 Å². The van der Waals surface area contributed by atoms with Crippen molar-refractivity contribution >= 4 is 35.0 Å². The average Bonchev–Trinajstić information content (AvgIpc) is 3.24. The highest BCUT2D eigenvalue weighted by Gasteiger charge is 2.28. The number of hydrogen-bond acceptors (Lipinski definition) is 4. The minimum absolute atomic E-state index is 0.331.